The number of allylic oxidation sites excluding steroid dienone is 1. The topological polar surface area (TPSA) is 114 Å². The summed E-state index contributed by atoms with van der Waals surface area (Å²) < 4.78 is 6.65. The van der Waals surface area contributed by atoms with Gasteiger partial charge >= 0.3 is 11.9 Å². The van der Waals surface area contributed by atoms with Gasteiger partial charge in [0.25, 0.3) is 0 Å². The van der Waals surface area contributed by atoms with Crippen molar-refractivity contribution in [1.29, 1.82) is 0 Å². The number of ether oxygens (including phenoxy) is 1. The highest BCUT2D eigenvalue weighted by Gasteiger charge is 2.32. The molecule has 1 aromatic heterocycles. The number of benzene rings is 1. The highest BCUT2D eigenvalue weighted by Crippen LogP contribution is 2.36. The molecule has 0 saturated heterocycles. The van der Waals surface area contributed by atoms with E-state index in [1.165, 1.54) is 10.8 Å². The summed E-state index contributed by atoms with van der Waals surface area (Å²) in [7, 11) is 1.56. The van der Waals surface area contributed by atoms with Crippen LogP contribution < -0.4 is 10.1 Å². The third kappa shape index (κ3) is 2.93. The van der Waals surface area contributed by atoms with Crippen LogP contribution in [0.2, 0.25) is 0 Å². The van der Waals surface area contributed by atoms with Crippen LogP contribution in [0, 0.1) is 6.92 Å². The van der Waals surface area contributed by atoms with Crippen LogP contribution in [0.25, 0.3) is 5.69 Å². The summed E-state index contributed by atoms with van der Waals surface area (Å²) in [5, 5.41) is 26.1. The standard InChI is InChI=1S/C17H17N3O5/c1-9-14-12(16(21)22)7-8-13(17(23)24)18-15(14)20(19-9)10-3-5-11(25-2)6-4-10/h3-6,8,12,18H,7H2,1-2H3,(H,21,22)(H,23,24). The first kappa shape index (κ1) is 16.6. The number of nitrogens with zero attached hydrogens (tertiary/aromatic N) is 2. The fourth-order valence-electron chi connectivity index (χ4n) is 2.88. The highest BCUT2D eigenvalue weighted by atomic mass is 16.5. The molecule has 2 aromatic rings. The Morgan fingerprint density at radius 3 is 2.52 bits per heavy atom. The SMILES string of the molecule is COc1ccc(-n2nc(C)c3c2NC(C(=O)O)=CCC3C(=O)O)cc1. The minimum Gasteiger partial charge on any atom is -0.497 e. The number of carbonyl (C=O) groups is 2. The third-order valence-corrected chi connectivity index (χ3v) is 4.11. The molecule has 1 aliphatic heterocycles. The molecular formula is C17H17N3O5. The number of hydrogen-bond donors (Lipinski definition) is 3. The Morgan fingerprint density at radius 2 is 1.96 bits per heavy atom. The van der Waals surface area contributed by atoms with Crippen LogP contribution in [-0.4, -0.2) is 39.0 Å². The van der Waals surface area contributed by atoms with Crippen molar-refractivity contribution < 1.29 is 24.5 Å². The van der Waals surface area contributed by atoms with E-state index < -0.39 is 17.9 Å². The summed E-state index contributed by atoms with van der Waals surface area (Å²) in [6.07, 6.45) is 1.46. The molecule has 1 unspecified atom stereocenters. The number of aromatic nitrogens is 2. The van der Waals surface area contributed by atoms with Crippen LogP contribution >= 0.6 is 0 Å². The maximum absolute atomic E-state index is 11.7. The van der Waals surface area contributed by atoms with E-state index in [-0.39, 0.29) is 12.1 Å². The molecule has 0 radical (unpaired) electrons. The highest BCUT2D eigenvalue weighted by molar-refractivity contribution is 5.92. The number of methoxy groups -OCH3 is 1. The summed E-state index contributed by atoms with van der Waals surface area (Å²) >= 11 is 0. The predicted molar refractivity (Wildman–Crippen MR) is 89.2 cm³/mol. The molecular weight excluding hydrogens is 326 g/mol. The van der Waals surface area contributed by atoms with Gasteiger partial charge in [0.15, 0.2) is 0 Å². The molecule has 130 valence electrons. The molecule has 0 amide bonds. The second-order valence-corrected chi connectivity index (χ2v) is 5.63. The molecule has 1 aromatic carbocycles. The van der Waals surface area contributed by atoms with E-state index in [0.29, 0.717) is 28.5 Å². The van der Waals surface area contributed by atoms with E-state index in [1.807, 2.05) is 0 Å². The van der Waals surface area contributed by atoms with Crippen LogP contribution in [-0.2, 0) is 9.59 Å². The van der Waals surface area contributed by atoms with Gasteiger partial charge < -0.3 is 20.3 Å². The maximum atomic E-state index is 11.7. The van der Waals surface area contributed by atoms with Gasteiger partial charge in [-0.15, -0.1) is 0 Å². The van der Waals surface area contributed by atoms with Gasteiger partial charge in [0.05, 0.1) is 24.4 Å². The Kier molecular flexibility index (Phi) is 4.18. The smallest absolute Gasteiger partial charge is 0.352 e. The zero-order chi connectivity index (χ0) is 18.1. The molecule has 3 N–H and O–H groups in total. The van der Waals surface area contributed by atoms with Crippen molar-refractivity contribution in [3.63, 3.8) is 0 Å². The quantitative estimate of drug-likeness (QED) is 0.779. The van der Waals surface area contributed by atoms with Gasteiger partial charge in [0, 0.05) is 5.56 Å². The first-order chi connectivity index (χ1) is 11.9. The molecule has 0 saturated carbocycles. The number of anilines is 1. The molecule has 3 rings (SSSR count). The van der Waals surface area contributed by atoms with Crippen molar-refractivity contribution >= 4 is 17.8 Å². The fraction of sp³-hybridized carbons (Fsp3) is 0.235. The van der Waals surface area contributed by atoms with Crippen molar-refractivity contribution in [2.75, 3.05) is 12.4 Å². The zero-order valence-electron chi connectivity index (χ0n) is 13.7. The molecule has 8 nitrogen and oxygen atoms in total. The van der Waals surface area contributed by atoms with E-state index in [1.54, 1.807) is 38.3 Å². The summed E-state index contributed by atoms with van der Waals surface area (Å²) in [5.74, 6) is -2.03. The number of aryl methyl sites for hydroxylation is 1. The molecule has 1 aliphatic rings. The first-order valence-corrected chi connectivity index (χ1v) is 7.59. The number of carboxylic acids is 2. The van der Waals surface area contributed by atoms with Gasteiger partial charge in [0.2, 0.25) is 0 Å². The average molecular weight is 343 g/mol. The lowest BCUT2D eigenvalue weighted by Gasteiger charge is -2.12. The van der Waals surface area contributed by atoms with Crippen LogP contribution in [0.3, 0.4) is 0 Å². The Bertz CT molecular complexity index is 867. The van der Waals surface area contributed by atoms with Crippen molar-refractivity contribution in [2.24, 2.45) is 0 Å². The number of carboxylic acid groups (broad SMARTS) is 2. The molecule has 0 aliphatic carbocycles. The Hall–Kier alpha value is -3.29. The monoisotopic (exact) mass is 343 g/mol. The molecule has 1 atom stereocenters. The molecule has 8 heteroatoms. The number of nitrogens with one attached hydrogen (secondary N) is 1. The Balaban J connectivity index is 2.17. The van der Waals surface area contributed by atoms with E-state index in [4.69, 9.17) is 4.74 Å². The number of aliphatic carboxylic acids is 2. The van der Waals surface area contributed by atoms with Crippen LogP contribution in [0.4, 0.5) is 5.82 Å². The van der Waals surface area contributed by atoms with Crippen LogP contribution in [0.15, 0.2) is 36.0 Å². The normalized spacial score (nSPS) is 16.2. The van der Waals surface area contributed by atoms with Gasteiger partial charge in [-0.25, -0.2) is 9.48 Å². The second-order valence-electron chi connectivity index (χ2n) is 5.63. The van der Waals surface area contributed by atoms with E-state index in [9.17, 15) is 19.8 Å². The minimum absolute atomic E-state index is 0.0698. The number of hydrogen-bond acceptors (Lipinski definition) is 5. The van der Waals surface area contributed by atoms with E-state index >= 15 is 0 Å². The van der Waals surface area contributed by atoms with Crippen LogP contribution in [0.5, 0.6) is 5.75 Å². The number of fused-ring (bicyclic) bond motifs is 1. The average Bonchev–Trinajstić information content (AvgIpc) is 2.79. The number of rotatable bonds is 4. The molecule has 0 spiro atoms. The Morgan fingerprint density at radius 1 is 1.28 bits per heavy atom. The van der Waals surface area contributed by atoms with Gasteiger partial charge in [-0.3, -0.25) is 4.79 Å². The lowest BCUT2D eigenvalue weighted by molar-refractivity contribution is -0.139. The second kappa shape index (κ2) is 6.31. The largest absolute Gasteiger partial charge is 0.497 e. The zero-order valence-corrected chi connectivity index (χ0v) is 13.7. The van der Waals surface area contributed by atoms with Gasteiger partial charge in [-0.05, 0) is 37.6 Å². The van der Waals surface area contributed by atoms with Crippen LogP contribution in [0.1, 0.15) is 23.6 Å². The summed E-state index contributed by atoms with van der Waals surface area (Å²) in [4.78, 5) is 23.1. The Labute approximate surface area is 143 Å². The van der Waals surface area contributed by atoms with E-state index in [2.05, 4.69) is 10.4 Å². The van der Waals surface area contributed by atoms with Gasteiger partial charge in [-0.2, -0.15) is 5.10 Å². The third-order valence-electron chi connectivity index (χ3n) is 4.11. The maximum Gasteiger partial charge on any atom is 0.352 e. The predicted octanol–water partition coefficient (Wildman–Crippen LogP) is 2.14. The molecule has 0 bridgehead atoms. The fourth-order valence-corrected chi connectivity index (χ4v) is 2.88. The van der Waals surface area contributed by atoms with Crippen molar-refractivity contribution in [1.82, 2.24) is 9.78 Å². The molecule has 2 heterocycles. The molecule has 0 fully saturated rings. The summed E-state index contributed by atoms with van der Waals surface area (Å²) in [6.45, 7) is 1.71. The molecule has 25 heavy (non-hydrogen) atoms. The van der Waals surface area contributed by atoms with Gasteiger partial charge in [-0.1, -0.05) is 6.08 Å². The lowest BCUT2D eigenvalue weighted by Crippen LogP contribution is -2.14. The van der Waals surface area contributed by atoms with Crippen molar-refractivity contribution in [3.8, 4) is 11.4 Å². The minimum atomic E-state index is -1.16. The van der Waals surface area contributed by atoms with Crippen molar-refractivity contribution in [2.45, 2.75) is 19.3 Å². The lowest BCUT2D eigenvalue weighted by atomic mass is 9.96. The van der Waals surface area contributed by atoms with E-state index in [0.717, 1.165) is 0 Å². The van der Waals surface area contributed by atoms with Crippen molar-refractivity contribution in [3.05, 3.63) is 47.3 Å². The summed E-state index contributed by atoms with van der Waals surface area (Å²) in [5.41, 5.74) is 1.61. The van der Waals surface area contributed by atoms with Gasteiger partial charge in [0.1, 0.15) is 17.3 Å². The summed E-state index contributed by atoms with van der Waals surface area (Å²) in [6, 6.07) is 7.02. The first-order valence-electron chi connectivity index (χ1n) is 7.59.